The molecule has 0 spiro atoms. The van der Waals surface area contributed by atoms with Gasteiger partial charge in [-0.3, -0.25) is 14.5 Å². The fraction of sp³-hybridized carbons (Fsp3) is 0.480. The van der Waals surface area contributed by atoms with Crippen molar-refractivity contribution in [3.63, 3.8) is 0 Å². The Hall–Kier alpha value is -3.37. The summed E-state index contributed by atoms with van der Waals surface area (Å²) < 4.78 is 11.2. The zero-order valence-electron chi connectivity index (χ0n) is 19.9. The Morgan fingerprint density at radius 3 is 2.66 bits per heavy atom. The number of aliphatic hydroxyl groups is 2. The summed E-state index contributed by atoms with van der Waals surface area (Å²) in [6.07, 6.45) is 2.13. The molecule has 35 heavy (non-hydrogen) atoms. The molecule has 3 aliphatic rings. The van der Waals surface area contributed by atoms with E-state index in [1.165, 1.54) is 6.07 Å². The summed E-state index contributed by atoms with van der Waals surface area (Å²) in [5.74, 6) is -3.55. The number of aromatic hydroxyl groups is 1. The highest BCUT2D eigenvalue weighted by molar-refractivity contribution is 6.26. The molecule has 0 saturated heterocycles. The van der Waals surface area contributed by atoms with Crippen molar-refractivity contribution in [2.24, 2.45) is 11.8 Å². The van der Waals surface area contributed by atoms with Crippen LogP contribution in [0.3, 0.4) is 0 Å². The van der Waals surface area contributed by atoms with Gasteiger partial charge in [0, 0.05) is 23.2 Å². The van der Waals surface area contributed by atoms with Gasteiger partial charge in [0.2, 0.25) is 11.6 Å². The number of nitrogens with two attached hydrogens (primary N) is 1. The molecule has 5 rings (SSSR count). The zero-order chi connectivity index (χ0) is 25.2. The highest BCUT2D eigenvalue weighted by Gasteiger charge is 2.65. The van der Waals surface area contributed by atoms with Gasteiger partial charge in [-0.1, -0.05) is 13.3 Å². The molecular weight excluding hydrogens is 454 g/mol. The molecular formula is C25H29N3O7. The first-order valence-electron chi connectivity index (χ1n) is 11.8. The van der Waals surface area contributed by atoms with Crippen LogP contribution in [0.1, 0.15) is 59.5 Å². The number of Topliss-reactive ketones (excluding diaryl/α,β-unsaturated/α-hetero) is 2. The summed E-state index contributed by atoms with van der Waals surface area (Å²) in [6.45, 7) is 2.30. The number of nitrogens with zero attached hydrogens (tertiary/aromatic N) is 2. The molecule has 186 valence electrons. The zero-order valence-corrected chi connectivity index (χ0v) is 19.9. The number of benzene rings is 1. The molecule has 2 aromatic rings. The molecule has 0 amide bonds. The molecule has 5 N–H and O–H groups in total. The number of unbranched alkanes of at least 4 members (excludes halogenated alkanes) is 1. The molecule has 10 nitrogen and oxygen atoms in total. The summed E-state index contributed by atoms with van der Waals surface area (Å²) in [5.41, 5.74) is 4.36. The fourth-order valence-corrected chi connectivity index (χ4v) is 5.89. The van der Waals surface area contributed by atoms with Gasteiger partial charge < -0.3 is 30.3 Å². The van der Waals surface area contributed by atoms with E-state index in [1.54, 1.807) is 25.1 Å². The average molecular weight is 484 g/mol. The molecule has 0 aliphatic heterocycles. The molecule has 1 aromatic carbocycles. The quantitative estimate of drug-likeness (QED) is 0.282. The summed E-state index contributed by atoms with van der Waals surface area (Å²) in [6, 6.07) is 2.31. The summed E-state index contributed by atoms with van der Waals surface area (Å²) >= 11 is 0. The van der Waals surface area contributed by atoms with Crippen LogP contribution in [0.4, 0.5) is 5.69 Å². The van der Waals surface area contributed by atoms with Crippen molar-refractivity contribution >= 4 is 23.0 Å². The van der Waals surface area contributed by atoms with Crippen LogP contribution in [0.25, 0.3) is 5.76 Å². The molecule has 0 radical (unpaired) electrons. The summed E-state index contributed by atoms with van der Waals surface area (Å²) in [4.78, 5) is 29.4. The van der Waals surface area contributed by atoms with Crippen LogP contribution in [0.15, 0.2) is 22.2 Å². The maximum atomic E-state index is 13.9. The number of phenols is 1. The van der Waals surface area contributed by atoms with Gasteiger partial charge in [0.15, 0.2) is 11.4 Å². The van der Waals surface area contributed by atoms with Crippen LogP contribution >= 0.6 is 0 Å². The number of aliphatic hydroxyl groups excluding tert-OH is 1. The number of fused-ring (bicyclic) bond motifs is 4. The number of anilines is 1. The number of nitrogen functional groups attached to an aromatic ring is 1. The first-order chi connectivity index (χ1) is 16.6. The van der Waals surface area contributed by atoms with Crippen molar-refractivity contribution in [2.45, 2.75) is 44.2 Å². The van der Waals surface area contributed by atoms with Crippen LogP contribution in [0, 0.1) is 11.8 Å². The molecule has 4 atom stereocenters. The van der Waals surface area contributed by atoms with Crippen molar-refractivity contribution in [1.29, 1.82) is 0 Å². The van der Waals surface area contributed by atoms with Crippen molar-refractivity contribution < 1.29 is 34.2 Å². The Morgan fingerprint density at radius 1 is 1.23 bits per heavy atom. The molecule has 1 saturated carbocycles. The van der Waals surface area contributed by atoms with Crippen LogP contribution in [-0.4, -0.2) is 63.2 Å². The standard InChI is InChI=1S/C25H29N3O7/c1-4-5-6-34-24-18-21(35-27-24)19(28(2)3)14-9-12-7-11-8-13(26)10-15(29)16(11)20(30)17(12)22(31)25(14,33)23(18)32/h8,10,12,14,19,29-30,33H,4-7,9,26H2,1-3H3/t12-,14-,19-,25-/m0/s1. The van der Waals surface area contributed by atoms with Gasteiger partial charge in [0.05, 0.1) is 18.2 Å². The number of hydrogen-bond donors (Lipinski definition) is 4. The molecule has 3 aliphatic carbocycles. The lowest BCUT2D eigenvalue weighted by Crippen LogP contribution is -2.63. The summed E-state index contributed by atoms with van der Waals surface area (Å²) in [5, 5.41) is 37.3. The lowest BCUT2D eigenvalue weighted by Gasteiger charge is -2.49. The fourth-order valence-electron chi connectivity index (χ4n) is 5.89. The lowest BCUT2D eigenvalue weighted by molar-refractivity contribution is -0.142. The van der Waals surface area contributed by atoms with Gasteiger partial charge in [-0.25, -0.2) is 0 Å². The second kappa shape index (κ2) is 8.10. The highest BCUT2D eigenvalue weighted by atomic mass is 16.5. The van der Waals surface area contributed by atoms with Gasteiger partial charge in [0.25, 0.3) is 5.88 Å². The molecule has 1 fully saturated rings. The van der Waals surface area contributed by atoms with Crippen molar-refractivity contribution in [1.82, 2.24) is 10.1 Å². The van der Waals surface area contributed by atoms with E-state index in [4.69, 9.17) is 15.0 Å². The number of carbonyl (C=O) groups excluding carboxylic acids is 2. The van der Waals surface area contributed by atoms with Crippen LogP contribution in [-0.2, 0) is 11.2 Å². The maximum Gasteiger partial charge on any atom is 0.265 e. The highest BCUT2D eigenvalue weighted by Crippen LogP contribution is 2.55. The first-order valence-corrected chi connectivity index (χ1v) is 11.8. The minimum atomic E-state index is -2.45. The number of ether oxygens (including phenoxy) is 1. The third-order valence-electron chi connectivity index (χ3n) is 7.46. The summed E-state index contributed by atoms with van der Waals surface area (Å²) in [7, 11) is 3.54. The average Bonchev–Trinajstić information content (AvgIpc) is 3.19. The Bertz CT molecular complexity index is 1260. The predicted octanol–water partition coefficient (Wildman–Crippen LogP) is 2.40. The van der Waals surface area contributed by atoms with E-state index < -0.39 is 40.8 Å². The second-order valence-corrected chi connectivity index (χ2v) is 9.84. The van der Waals surface area contributed by atoms with Crippen LogP contribution in [0.5, 0.6) is 11.6 Å². The molecule has 1 aromatic heterocycles. The Kier molecular flexibility index (Phi) is 5.41. The lowest BCUT2D eigenvalue weighted by atomic mass is 9.57. The van der Waals surface area contributed by atoms with Crippen LogP contribution in [0.2, 0.25) is 0 Å². The molecule has 0 bridgehead atoms. The van der Waals surface area contributed by atoms with E-state index in [2.05, 4.69) is 5.16 Å². The third-order valence-corrected chi connectivity index (χ3v) is 7.46. The largest absolute Gasteiger partial charge is 0.507 e. The van der Waals surface area contributed by atoms with E-state index in [-0.39, 0.29) is 40.5 Å². The first kappa shape index (κ1) is 23.4. The molecule has 1 heterocycles. The van der Waals surface area contributed by atoms with E-state index >= 15 is 0 Å². The topological polar surface area (TPSA) is 159 Å². The van der Waals surface area contributed by atoms with Gasteiger partial charge in [-0.2, -0.15) is 0 Å². The Morgan fingerprint density at radius 2 is 1.97 bits per heavy atom. The van der Waals surface area contributed by atoms with E-state index in [1.807, 2.05) is 6.92 Å². The minimum Gasteiger partial charge on any atom is -0.507 e. The Labute approximate surface area is 202 Å². The monoisotopic (exact) mass is 483 g/mol. The number of aromatic nitrogens is 1. The van der Waals surface area contributed by atoms with Gasteiger partial charge >= 0.3 is 0 Å². The van der Waals surface area contributed by atoms with Gasteiger partial charge in [-0.15, -0.1) is 0 Å². The van der Waals surface area contributed by atoms with E-state index in [0.29, 0.717) is 24.3 Å². The van der Waals surface area contributed by atoms with Crippen molar-refractivity contribution in [3.8, 4) is 11.6 Å². The minimum absolute atomic E-state index is 0.0442. The van der Waals surface area contributed by atoms with Gasteiger partial charge in [0.1, 0.15) is 17.1 Å². The van der Waals surface area contributed by atoms with Crippen LogP contribution < -0.4 is 10.5 Å². The second-order valence-electron chi connectivity index (χ2n) is 9.84. The number of ketones is 2. The van der Waals surface area contributed by atoms with E-state index in [9.17, 15) is 24.9 Å². The normalized spacial score (nSPS) is 27.4. The molecule has 10 heteroatoms. The SMILES string of the molecule is CCCCOc1noc2c1C(=O)[C@@]1(O)C(=O)C3=C(O)c4c(O)cc(N)cc4C[C@H]3C[C@H]1[C@@H]2N(C)C. The smallest absolute Gasteiger partial charge is 0.265 e. The number of hydrogen-bond acceptors (Lipinski definition) is 10. The third kappa shape index (κ3) is 3.20. The van der Waals surface area contributed by atoms with Gasteiger partial charge in [-0.05, 0) is 56.1 Å². The van der Waals surface area contributed by atoms with Crippen molar-refractivity contribution in [3.05, 3.63) is 40.2 Å². The van der Waals surface area contributed by atoms with Crippen molar-refractivity contribution in [2.75, 3.05) is 26.4 Å². The van der Waals surface area contributed by atoms with E-state index in [0.717, 1.165) is 12.8 Å². The number of carbonyl (C=O) groups is 2. The Balaban J connectivity index is 1.66. The number of phenolic OH excluding ortho intramolecular Hbond substituents is 1. The molecule has 0 unspecified atom stereocenters. The maximum absolute atomic E-state index is 13.9. The number of rotatable bonds is 5. The predicted molar refractivity (Wildman–Crippen MR) is 125 cm³/mol.